The Morgan fingerprint density at radius 2 is 2.05 bits per heavy atom. The zero-order valence-corrected chi connectivity index (χ0v) is 10.2. The minimum absolute atomic E-state index is 0.0964. The van der Waals surface area contributed by atoms with E-state index in [4.69, 9.17) is 8.83 Å². The first-order valence-corrected chi connectivity index (χ1v) is 5.83. The van der Waals surface area contributed by atoms with Crippen molar-refractivity contribution in [3.63, 3.8) is 0 Å². The lowest BCUT2D eigenvalue weighted by molar-refractivity contribution is 0.0985. The predicted molar refractivity (Wildman–Crippen MR) is 68.4 cm³/mol. The van der Waals surface area contributed by atoms with Gasteiger partial charge in [-0.15, -0.1) is 0 Å². The van der Waals surface area contributed by atoms with Crippen LogP contribution in [0, 0.1) is 0 Å². The summed E-state index contributed by atoms with van der Waals surface area (Å²) in [5.41, 5.74) is 2.15. The standard InChI is InChI=1S/C14H11NO4/c1-8(16)12-5-3-10(18-12)6-9-2-4-13-11(7-9)15-14(17)19-13/h2-5,7H,6H2,1H3,(H,15,17). The molecular formula is C14H11NO4. The van der Waals surface area contributed by atoms with Crippen LogP contribution in [0.2, 0.25) is 0 Å². The number of hydrogen-bond acceptors (Lipinski definition) is 4. The molecule has 19 heavy (non-hydrogen) atoms. The van der Waals surface area contributed by atoms with Gasteiger partial charge in [-0.1, -0.05) is 6.07 Å². The Bertz CT molecular complexity index is 806. The summed E-state index contributed by atoms with van der Waals surface area (Å²) in [6.45, 7) is 1.46. The van der Waals surface area contributed by atoms with Gasteiger partial charge in [-0.3, -0.25) is 9.78 Å². The van der Waals surface area contributed by atoms with E-state index in [1.54, 1.807) is 18.2 Å². The average molecular weight is 257 g/mol. The maximum absolute atomic E-state index is 11.1. The van der Waals surface area contributed by atoms with Crippen molar-refractivity contribution in [3.8, 4) is 0 Å². The maximum Gasteiger partial charge on any atom is 0.417 e. The molecule has 0 spiro atoms. The van der Waals surface area contributed by atoms with E-state index in [2.05, 4.69) is 4.98 Å². The molecule has 0 saturated carbocycles. The van der Waals surface area contributed by atoms with Crippen molar-refractivity contribution in [2.24, 2.45) is 0 Å². The van der Waals surface area contributed by atoms with Crippen molar-refractivity contribution >= 4 is 16.9 Å². The highest BCUT2D eigenvalue weighted by atomic mass is 16.4. The Labute approximate surface area is 107 Å². The van der Waals surface area contributed by atoms with E-state index in [0.717, 1.165) is 5.56 Å². The molecule has 0 aliphatic heterocycles. The first-order valence-electron chi connectivity index (χ1n) is 5.83. The quantitative estimate of drug-likeness (QED) is 0.731. The fourth-order valence-corrected chi connectivity index (χ4v) is 1.97. The summed E-state index contributed by atoms with van der Waals surface area (Å²) in [7, 11) is 0. The molecule has 5 heteroatoms. The van der Waals surface area contributed by atoms with E-state index >= 15 is 0 Å². The normalized spacial score (nSPS) is 11.0. The van der Waals surface area contributed by atoms with Gasteiger partial charge in [-0.25, -0.2) is 4.79 Å². The van der Waals surface area contributed by atoms with Crippen molar-refractivity contribution < 1.29 is 13.6 Å². The molecule has 3 rings (SSSR count). The number of carbonyl (C=O) groups excluding carboxylic acids is 1. The van der Waals surface area contributed by atoms with Gasteiger partial charge in [-0.05, 0) is 29.8 Å². The molecule has 3 aromatic rings. The number of ketones is 1. The number of aromatic amines is 1. The van der Waals surface area contributed by atoms with Gasteiger partial charge < -0.3 is 8.83 Å². The molecule has 2 heterocycles. The molecule has 0 amide bonds. The smallest absolute Gasteiger partial charge is 0.417 e. The third-order valence-electron chi connectivity index (χ3n) is 2.87. The molecule has 0 atom stereocenters. The Balaban J connectivity index is 1.91. The number of nitrogens with one attached hydrogen (secondary N) is 1. The Morgan fingerprint density at radius 3 is 2.79 bits per heavy atom. The number of aromatic nitrogens is 1. The Morgan fingerprint density at radius 1 is 1.21 bits per heavy atom. The van der Waals surface area contributed by atoms with Crippen LogP contribution in [0.3, 0.4) is 0 Å². The third-order valence-corrected chi connectivity index (χ3v) is 2.87. The van der Waals surface area contributed by atoms with Gasteiger partial charge in [0, 0.05) is 13.3 Å². The SMILES string of the molecule is CC(=O)c1ccc(Cc2ccc3oc(=O)[nH]c3c2)o1. The minimum Gasteiger partial charge on any atom is -0.458 e. The van der Waals surface area contributed by atoms with Crippen molar-refractivity contribution in [2.45, 2.75) is 13.3 Å². The summed E-state index contributed by atoms with van der Waals surface area (Å²) in [5, 5.41) is 0. The van der Waals surface area contributed by atoms with Gasteiger partial charge in [0.15, 0.2) is 17.1 Å². The third kappa shape index (κ3) is 2.22. The van der Waals surface area contributed by atoms with E-state index in [1.807, 2.05) is 12.1 Å². The van der Waals surface area contributed by atoms with Crippen LogP contribution in [0.15, 0.2) is 44.0 Å². The molecule has 1 N–H and O–H groups in total. The summed E-state index contributed by atoms with van der Waals surface area (Å²) in [4.78, 5) is 24.8. The fourth-order valence-electron chi connectivity index (χ4n) is 1.97. The summed E-state index contributed by atoms with van der Waals surface area (Å²) >= 11 is 0. The summed E-state index contributed by atoms with van der Waals surface area (Å²) in [5.74, 6) is 0.494. The average Bonchev–Trinajstić information content (AvgIpc) is 2.94. The van der Waals surface area contributed by atoms with Crippen LogP contribution in [0.4, 0.5) is 0 Å². The zero-order valence-electron chi connectivity index (χ0n) is 10.2. The van der Waals surface area contributed by atoms with Gasteiger partial charge in [-0.2, -0.15) is 0 Å². The number of hydrogen-bond donors (Lipinski definition) is 1. The number of benzene rings is 1. The molecule has 0 radical (unpaired) electrons. The highest BCUT2D eigenvalue weighted by Gasteiger charge is 2.08. The first kappa shape index (κ1) is 11.5. The maximum atomic E-state index is 11.1. The van der Waals surface area contributed by atoms with E-state index in [9.17, 15) is 9.59 Å². The van der Waals surface area contributed by atoms with Crippen LogP contribution in [-0.2, 0) is 6.42 Å². The number of oxazole rings is 1. The van der Waals surface area contributed by atoms with Crippen LogP contribution >= 0.6 is 0 Å². The van der Waals surface area contributed by atoms with Crippen LogP contribution in [-0.4, -0.2) is 10.8 Å². The van der Waals surface area contributed by atoms with E-state index in [-0.39, 0.29) is 5.78 Å². The van der Waals surface area contributed by atoms with Gasteiger partial charge >= 0.3 is 5.76 Å². The van der Waals surface area contributed by atoms with Crippen LogP contribution in [0.25, 0.3) is 11.1 Å². The lowest BCUT2D eigenvalue weighted by Gasteiger charge is -1.98. The lowest BCUT2D eigenvalue weighted by atomic mass is 10.1. The van der Waals surface area contributed by atoms with E-state index < -0.39 is 5.76 Å². The second-order valence-corrected chi connectivity index (χ2v) is 4.34. The minimum atomic E-state index is -0.469. The number of Topliss-reactive ketones (excluding diaryl/α,β-unsaturated/α-hetero) is 1. The van der Waals surface area contributed by atoms with Gasteiger partial charge in [0.05, 0.1) is 5.52 Å². The molecule has 0 unspecified atom stereocenters. The van der Waals surface area contributed by atoms with E-state index in [0.29, 0.717) is 29.0 Å². The monoisotopic (exact) mass is 257 g/mol. The number of H-pyrrole nitrogens is 1. The molecule has 0 aliphatic carbocycles. The highest BCUT2D eigenvalue weighted by Crippen LogP contribution is 2.17. The summed E-state index contributed by atoms with van der Waals surface area (Å²) in [6.07, 6.45) is 0.552. The Kier molecular flexibility index (Phi) is 2.59. The molecule has 96 valence electrons. The molecule has 2 aromatic heterocycles. The highest BCUT2D eigenvalue weighted by molar-refractivity contribution is 5.91. The molecule has 0 bridgehead atoms. The van der Waals surface area contributed by atoms with Gasteiger partial charge in [0.25, 0.3) is 0 Å². The largest absolute Gasteiger partial charge is 0.458 e. The lowest BCUT2D eigenvalue weighted by Crippen LogP contribution is -1.93. The molecular weight excluding hydrogens is 246 g/mol. The molecule has 0 aliphatic rings. The van der Waals surface area contributed by atoms with E-state index in [1.165, 1.54) is 6.92 Å². The molecule has 0 saturated heterocycles. The number of rotatable bonds is 3. The van der Waals surface area contributed by atoms with Crippen LogP contribution < -0.4 is 5.76 Å². The predicted octanol–water partition coefficient (Wildman–Crippen LogP) is 2.51. The van der Waals surface area contributed by atoms with Crippen molar-refractivity contribution in [1.82, 2.24) is 4.98 Å². The second kappa shape index (κ2) is 4.28. The number of fused-ring (bicyclic) bond motifs is 1. The topological polar surface area (TPSA) is 76.2 Å². The van der Waals surface area contributed by atoms with Crippen molar-refractivity contribution in [1.29, 1.82) is 0 Å². The van der Waals surface area contributed by atoms with Crippen molar-refractivity contribution in [3.05, 3.63) is 58.0 Å². The van der Waals surface area contributed by atoms with Gasteiger partial charge in [0.1, 0.15) is 5.76 Å². The Hall–Kier alpha value is -2.56. The van der Waals surface area contributed by atoms with Crippen LogP contribution in [0.1, 0.15) is 28.8 Å². The van der Waals surface area contributed by atoms with Crippen LogP contribution in [0.5, 0.6) is 0 Å². The second-order valence-electron chi connectivity index (χ2n) is 4.34. The zero-order chi connectivity index (χ0) is 13.4. The molecule has 1 aromatic carbocycles. The summed E-state index contributed by atoms with van der Waals surface area (Å²) < 4.78 is 10.4. The molecule has 5 nitrogen and oxygen atoms in total. The molecule has 0 fully saturated rings. The van der Waals surface area contributed by atoms with Gasteiger partial charge in [0.2, 0.25) is 0 Å². The van der Waals surface area contributed by atoms with Crippen molar-refractivity contribution in [2.75, 3.05) is 0 Å². The number of carbonyl (C=O) groups is 1. The first-order chi connectivity index (χ1) is 9.11. The fraction of sp³-hybridized carbons (Fsp3) is 0.143. The summed E-state index contributed by atoms with van der Waals surface area (Å²) in [6, 6.07) is 8.86. The number of furan rings is 1.